The van der Waals surface area contributed by atoms with E-state index < -0.39 is 29.5 Å². The number of hydrogen-bond acceptors (Lipinski definition) is 7. The molecule has 7 nitrogen and oxygen atoms in total. The molecule has 0 atom stereocenters. The number of halogens is 2. The van der Waals surface area contributed by atoms with Crippen LogP contribution in [0.25, 0.3) is 0 Å². The van der Waals surface area contributed by atoms with Gasteiger partial charge in [-0.1, -0.05) is 36.5 Å². The number of aromatic nitrogens is 1. The molecule has 0 aliphatic carbocycles. The van der Waals surface area contributed by atoms with Gasteiger partial charge in [-0.25, -0.2) is 13.8 Å². The molecule has 0 aliphatic rings. The molecule has 0 spiro atoms. The summed E-state index contributed by atoms with van der Waals surface area (Å²) in [6, 6.07) is 13.0. The summed E-state index contributed by atoms with van der Waals surface area (Å²) in [5.41, 5.74) is 1.51. The molecule has 1 N–H and O–H groups in total. The van der Waals surface area contributed by atoms with Crippen molar-refractivity contribution in [1.29, 1.82) is 0 Å². The third-order valence-electron chi connectivity index (χ3n) is 4.90. The summed E-state index contributed by atoms with van der Waals surface area (Å²) in [5.74, 6) is -2.19. The molecule has 1 aromatic heterocycles. The van der Waals surface area contributed by atoms with E-state index in [0.717, 1.165) is 0 Å². The van der Waals surface area contributed by atoms with E-state index in [4.69, 9.17) is 26.4 Å². The second-order valence-corrected chi connectivity index (χ2v) is 7.71. The van der Waals surface area contributed by atoms with Crippen molar-refractivity contribution in [2.75, 3.05) is 20.3 Å². The molecule has 0 bridgehead atoms. The SMILES string of the molecule is COc1ccnc(C(=S)NCC(=O)OCC(c2ccc(F)cc2)c2ccc(F)cc2)c1OC(C)=O. The fraction of sp³-hybridized carbons (Fsp3) is 0.200. The normalized spacial score (nSPS) is 10.5. The molecule has 0 aliphatic heterocycles. The highest BCUT2D eigenvalue weighted by molar-refractivity contribution is 7.80. The van der Waals surface area contributed by atoms with Gasteiger partial charge in [-0.2, -0.15) is 0 Å². The molecular formula is C25H22F2N2O5S. The van der Waals surface area contributed by atoms with Crippen LogP contribution in [0.5, 0.6) is 11.5 Å². The van der Waals surface area contributed by atoms with Crippen molar-refractivity contribution in [2.45, 2.75) is 12.8 Å². The smallest absolute Gasteiger partial charge is 0.325 e. The highest BCUT2D eigenvalue weighted by Gasteiger charge is 2.20. The minimum atomic E-state index is -0.626. The van der Waals surface area contributed by atoms with Crippen LogP contribution in [0, 0.1) is 11.6 Å². The van der Waals surface area contributed by atoms with Gasteiger partial charge in [-0.3, -0.25) is 9.59 Å². The van der Waals surface area contributed by atoms with Crippen LogP contribution < -0.4 is 14.8 Å². The van der Waals surface area contributed by atoms with Crippen molar-refractivity contribution < 1.29 is 32.6 Å². The Labute approximate surface area is 206 Å². The zero-order valence-electron chi connectivity index (χ0n) is 18.9. The molecule has 0 unspecified atom stereocenters. The van der Waals surface area contributed by atoms with Crippen LogP contribution in [0.4, 0.5) is 8.78 Å². The summed E-state index contributed by atoms with van der Waals surface area (Å²) in [4.78, 5) is 28.1. The van der Waals surface area contributed by atoms with E-state index in [9.17, 15) is 18.4 Å². The Hall–Kier alpha value is -3.92. The van der Waals surface area contributed by atoms with Gasteiger partial charge in [0.25, 0.3) is 0 Å². The first-order chi connectivity index (χ1) is 16.8. The van der Waals surface area contributed by atoms with Crippen molar-refractivity contribution in [3.8, 4) is 11.5 Å². The Morgan fingerprint density at radius 3 is 2.09 bits per heavy atom. The average molecular weight is 501 g/mol. The maximum Gasteiger partial charge on any atom is 0.325 e. The topological polar surface area (TPSA) is 86.8 Å². The lowest BCUT2D eigenvalue weighted by Gasteiger charge is -2.19. The zero-order valence-corrected chi connectivity index (χ0v) is 19.7. The van der Waals surface area contributed by atoms with Gasteiger partial charge in [0, 0.05) is 25.1 Å². The number of ether oxygens (including phenoxy) is 3. The number of methoxy groups -OCH3 is 1. The van der Waals surface area contributed by atoms with Gasteiger partial charge in [0.2, 0.25) is 5.75 Å². The Morgan fingerprint density at radius 1 is 1.00 bits per heavy atom. The van der Waals surface area contributed by atoms with E-state index in [2.05, 4.69) is 10.3 Å². The van der Waals surface area contributed by atoms with Crippen LogP contribution in [-0.4, -0.2) is 42.2 Å². The van der Waals surface area contributed by atoms with E-state index in [1.54, 1.807) is 24.3 Å². The Kier molecular flexibility index (Phi) is 8.80. The van der Waals surface area contributed by atoms with Gasteiger partial charge in [-0.15, -0.1) is 0 Å². The molecule has 10 heteroatoms. The van der Waals surface area contributed by atoms with E-state index in [0.29, 0.717) is 11.1 Å². The molecule has 1 heterocycles. The largest absolute Gasteiger partial charge is 0.493 e. The van der Waals surface area contributed by atoms with Crippen LogP contribution in [0.2, 0.25) is 0 Å². The Balaban J connectivity index is 1.67. The predicted octanol–water partition coefficient (Wildman–Crippen LogP) is 3.93. The fourth-order valence-corrected chi connectivity index (χ4v) is 3.45. The second-order valence-electron chi connectivity index (χ2n) is 7.31. The van der Waals surface area contributed by atoms with Gasteiger partial charge in [-0.05, 0) is 35.4 Å². The first-order valence-electron chi connectivity index (χ1n) is 10.4. The van der Waals surface area contributed by atoms with Crippen LogP contribution in [0.1, 0.15) is 29.7 Å². The van der Waals surface area contributed by atoms with Crippen molar-refractivity contribution in [3.63, 3.8) is 0 Å². The number of nitrogens with one attached hydrogen (secondary N) is 1. The number of benzene rings is 2. The van der Waals surface area contributed by atoms with E-state index in [1.807, 2.05) is 0 Å². The maximum atomic E-state index is 13.4. The van der Waals surface area contributed by atoms with Crippen LogP contribution in [0.3, 0.4) is 0 Å². The number of thiocarbonyl (C=S) groups is 1. The molecule has 0 amide bonds. The van der Waals surface area contributed by atoms with Crippen LogP contribution in [-0.2, 0) is 14.3 Å². The first kappa shape index (κ1) is 25.7. The number of esters is 2. The summed E-state index contributed by atoms with van der Waals surface area (Å²) in [5, 5.41) is 2.73. The fourth-order valence-electron chi connectivity index (χ4n) is 3.23. The van der Waals surface area contributed by atoms with Gasteiger partial charge < -0.3 is 19.5 Å². The molecule has 3 aromatic rings. The summed E-state index contributed by atoms with van der Waals surface area (Å²) >= 11 is 5.30. The molecule has 0 fully saturated rings. The number of carbonyl (C=O) groups excluding carboxylic acids is 2. The lowest BCUT2D eigenvalue weighted by Crippen LogP contribution is -2.31. The quantitative estimate of drug-likeness (QED) is 0.349. The summed E-state index contributed by atoms with van der Waals surface area (Å²) in [6.45, 7) is 0.861. The van der Waals surface area contributed by atoms with Crippen LogP contribution in [0.15, 0.2) is 60.8 Å². The minimum Gasteiger partial charge on any atom is -0.493 e. The van der Waals surface area contributed by atoms with E-state index in [-0.39, 0.29) is 35.3 Å². The van der Waals surface area contributed by atoms with E-state index >= 15 is 0 Å². The molecule has 35 heavy (non-hydrogen) atoms. The number of nitrogens with zero attached hydrogens (tertiary/aromatic N) is 1. The van der Waals surface area contributed by atoms with Crippen molar-refractivity contribution in [1.82, 2.24) is 10.3 Å². The van der Waals surface area contributed by atoms with Crippen molar-refractivity contribution in [2.24, 2.45) is 0 Å². The minimum absolute atomic E-state index is 0.0288. The highest BCUT2D eigenvalue weighted by Crippen LogP contribution is 2.30. The van der Waals surface area contributed by atoms with E-state index in [1.165, 1.54) is 50.6 Å². The second kappa shape index (κ2) is 12.0. The van der Waals surface area contributed by atoms with Gasteiger partial charge in [0.1, 0.15) is 35.5 Å². The molecular weight excluding hydrogens is 478 g/mol. The van der Waals surface area contributed by atoms with Crippen LogP contribution >= 0.6 is 12.2 Å². The molecule has 182 valence electrons. The van der Waals surface area contributed by atoms with Crippen molar-refractivity contribution in [3.05, 3.63) is 89.2 Å². The third kappa shape index (κ3) is 7.03. The molecule has 0 saturated heterocycles. The maximum absolute atomic E-state index is 13.4. The van der Waals surface area contributed by atoms with Gasteiger partial charge in [0.15, 0.2) is 5.75 Å². The van der Waals surface area contributed by atoms with Gasteiger partial charge >= 0.3 is 11.9 Å². The monoisotopic (exact) mass is 500 g/mol. The standard InChI is InChI=1S/C25H22F2N2O5S/c1-15(30)34-24-21(32-2)11-12-28-23(24)25(35)29-13-22(31)33-14-20(16-3-7-18(26)8-4-16)17-5-9-19(27)10-6-17/h3-12,20H,13-14H2,1-2H3,(H,29,35). The number of carbonyl (C=O) groups is 2. The lowest BCUT2D eigenvalue weighted by molar-refractivity contribution is -0.142. The number of hydrogen-bond donors (Lipinski definition) is 1. The lowest BCUT2D eigenvalue weighted by atomic mass is 9.92. The first-order valence-corrected chi connectivity index (χ1v) is 10.9. The zero-order chi connectivity index (χ0) is 25.4. The number of pyridine rings is 1. The molecule has 3 rings (SSSR count). The molecule has 0 saturated carbocycles. The summed E-state index contributed by atoms with van der Waals surface area (Å²) < 4.78 is 42.5. The summed E-state index contributed by atoms with van der Waals surface area (Å²) in [7, 11) is 1.40. The molecule has 0 radical (unpaired) electrons. The third-order valence-corrected chi connectivity index (χ3v) is 5.24. The Bertz CT molecular complexity index is 1160. The Morgan fingerprint density at radius 2 is 1.57 bits per heavy atom. The summed E-state index contributed by atoms with van der Waals surface area (Å²) in [6.07, 6.45) is 1.42. The number of rotatable bonds is 9. The van der Waals surface area contributed by atoms with Crippen molar-refractivity contribution >= 4 is 29.1 Å². The average Bonchev–Trinajstić information content (AvgIpc) is 2.84. The predicted molar refractivity (Wildman–Crippen MR) is 127 cm³/mol. The van der Waals surface area contributed by atoms with Gasteiger partial charge in [0.05, 0.1) is 7.11 Å². The highest BCUT2D eigenvalue weighted by atomic mass is 32.1. The molecule has 2 aromatic carbocycles.